The standard InChI is InChI=1S/C19H26N2O2/c1-13-8-14(2)11-21(10-13)12-19(22)20-15(3)18-9-16-6-4-5-7-17(16)23-18/h4-7,9,13-15H,8,10-12H2,1-3H3,(H,20,22)/p+1/t13-,14-,15+/m1/s1. The van der Waals surface area contributed by atoms with Crippen molar-refractivity contribution < 1.29 is 14.1 Å². The van der Waals surface area contributed by atoms with Gasteiger partial charge in [-0.05, 0) is 25.5 Å². The van der Waals surface area contributed by atoms with Crippen molar-refractivity contribution in [3.05, 3.63) is 36.1 Å². The number of carbonyl (C=O) groups excluding carboxylic acids is 1. The van der Waals surface area contributed by atoms with E-state index in [-0.39, 0.29) is 11.9 Å². The Morgan fingerprint density at radius 3 is 2.70 bits per heavy atom. The molecular formula is C19H27N2O2+. The van der Waals surface area contributed by atoms with Gasteiger partial charge in [0.15, 0.2) is 6.54 Å². The van der Waals surface area contributed by atoms with Crippen LogP contribution in [-0.2, 0) is 4.79 Å². The number of fused-ring (bicyclic) bond motifs is 1. The molecule has 124 valence electrons. The van der Waals surface area contributed by atoms with Crippen molar-refractivity contribution in [2.75, 3.05) is 19.6 Å². The lowest BCUT2D eigenvalue weighted by atomic mass is 9.92. The molecule has 1 aliphatic heterocycles. The van der Waals surface area contributed by atoms with Gasteiger partial charge in [0.1, 0.15) is 11.3 Å². The topological polar surface area (TPSA) is 46.7 Å². The highest BCUT2D eigenvalue weighted by molar-refractivity contribution is 5.79. The van der Waals surface area contributed by atoms with Gasteiger partial charge in [0.2, 0.25) is 0 Å². The number of benzene rings is 1. The van der Waals surface area contributed by atoms with E-state index in [2.05, 4.69) is 19.2 Å². The largest absolute Gasteiger partial charge is 0.459 e. The van der Waals surface area contributed by atoms with E-state index in [9.17, 15) is 4.79 Å². The number of hydrogen-bond acceptors (Lipinski definition) is 2. The Morgan fingerprint density at radius 2 is 2.00 bits per heavy atom. The number of carbonyl (C=O) groups is 1. The van der Waals surface area contributed by atoms with Crippen LogP contribution in [0.2, 0.25) is 0 Å². The van der Waals surface area contributed by atoms with Crippen molar-refractivity contribution in [3.63, 3.8) is 0 Å². The molecule has 3 rings (SSSR count). The third-order valence-electron chi connectivity index (χ3n) is 4.74. The zero-order valence-corrected chi connectivity index (χ0v) is 14.3. The lowest BCUT2D eigenvalue weighted by molar-refractivity contribution is -0.904. The number of piperidine rings is 1. The van der Waals surface area contributed by atoms with Gasteiger partial charge >= 0.3 is 0 Å². The summed E-state index contributed by atoms with van der Waals surface area (Å²) in [4.78, 5) is 13.7. The van der Waals surface area contributed by atoms with Crippen LogP contribution in [-0.4, -0.2) is 25.5 Å². The van der Waals surface area contributed by atoms with Crippen LogP contribution in [0.1, 0.15) is 39.0 Å². The molecule has 0 spiro atoms. The third kappa shape index (κ3) is 3.94. The molecule has 0 radical (unpaired) electrons. The summed E-state index contributed by atoms with van der Waals surface area (Å²) in [6, 6.07) is 9.84. The minimum atomic E-state index is -0.103. The Kier molecular flexibility index (Phi) is 4.71. The molecule has 3 atom stereocenters. The molecule has 1 aromatic carbocycles. The first kappa shape index (κ1) is 16.1. The average molecular weight is 315 g/mol. The van der Waals surface area contributed by atoms with Crippen molar-refractivity contribution in [3.8, 4) is 0 Å². The SMILES string of the molecule is C[C@@H]1C[C@@H](C)C[NH+](CC(=O)N[C@@H](C)c2cc3ccccc3o2)C1. The third-order valence-corrected chi connectivity index (χ3v) is 4.74. The number of amides is 1. The van der Waals surface area contributed by atoms with Crippen LogP contribution in [0.5, 0.6) is 0 Å². The van der Waals surface area contributed by atoms with Crippen LogP contribution in [0.25, 0.3) is 11.0 Å². The molecule has 2 N–H and O–H groups in total. The zero-order chi connectivity index (χ0) is 16.4. The van der Waals surface area contributed by atoms with E-state index in [1.165, 1.54) is 11.3 Å². The van der Waals surface area contributed by atoms with E-state index in [0.717, 1.165) is 29.8 Å². The van der Waals surface area contributed by atoms with E-state index in [4.69, 9.17) is 4.42 Å². The fourth-order valence-corrected chi connectivity index (χ4v) is 3.87. The molecule has 0 saturated carbocycles. The van der Waals surface area contributed by atoms with Crippen molar-refractivity contribution in [1.29, 1.82) is 0 Å². The van der Waals surface area contributed by atoms with Crippen molar-refractivity contribution in [2.45, 2.75) is 33.2 Å². The monoisotopic (exact) mass is 315 g/mol. The first-order chi connectivity index (χ1) is 11.0. The summed E-state index contributed by atoms with van der Waals surface area (Å²) < 4.78 is 5.83. The molecule has 0 unspecified atom stereocenters. The molecule has 2 aromatic rings. The lowest BCUT2D eigenvalue weighted by Gasteiger charge is -2.31. The first-order valence-electron chi connectivity index (χ1n) is 8.62. The van der Waals surface area contributed by atoms with E-state index in [0.29, 0.717) is 18.4 Å². The Balaban J connectivity index is 1.58. The maximum Gasteiger partial charge on any atom is 0.275 e. The Labute approximate surface area is 137 Å². The number of nitrogens with one attached hydrogen (secondary N) is 2. The second-order valence-corrected chi connectivity index (χ2v) is 7.26. The molecule has 4 heteroatoms. The Hall–Kier alpha value is -1.81. The van der Waals surface area contributed by atoms with Crippen LogP contribution >= 0.6 is 0 Å². The smallest absolute Gasteiger partial charge is 0.275 e. The van der Waals surface area contributed by atoms with Crippen molar-refractivity contribution in [1.82, 2.24) is 5.32 Å². The first-order valence-corrected chi connectivity index (χ1v) is 8.62. The number of likely N-dealkylation sites (tertiary alicyclic amines) is 1. The van der Waals surface area contributed by atoms with E-state index >= 15 is 0 Å². The summed E-state index contributed by atoms with van der Waals surface area (Å²) in [6.07, 6.45) is 1.28. The highest BCUT2D eigenvalue weighted by atomic mass is 16.3. The number of para-hydroxylation sites is 1. The molecule has 1 fully saturated rings. The van der Waals surface area contributed by atoms with Gasteiger partial charge in [-0.2, -0.15) is 0 Å². The summed E-state index contributed by atoms with van der Waals surface area (Å²) >= 11 is 0. The lowest BCUT2D eigenvalue weighted by Crippen LogP contribution is -3.15. The molecule has 2 heterocycles. The summed E-state index contributed by atoms with van der Waals surface area (Å²) in [5, 5.41) is 4.16. The highest BCUT2D eigenvalue weighted by Gasteiger charge is 2.27. The van der Waals surface area contributed by atoms with Crippen LogP contribution in [0.4, 0.5) is 0 Å². The van der Waals surface area contributed by atoms with Gasteiger partial charge in [0, 0.05) is 17.2 Å². The maximum atomic E-state index is 12.3. The maximum absolute atomic E-state index is 12.3. The molecular weight excluding hydrogens is 288 g/mol. The Bertz CT molecular complexity index is 636. The van der Waals surface area contributed by atoms with Crippen LogP contribution in [0.15, 0.2) is 34.7 Å². The van der Waals surface area contributed by atoms with Gasteiger partial charge in [-0.1, -0.05) is 32.0 Å². The summed E-state index contributed by atoms with van der Waals surface area (Å²) in [5.41, 5.74) is 0.868. The van der Waals surface area contributed by atoms with Crippen LogP contribution < -0.4 is 10.2 Å². The van der Waals surface area contributed by atoms with Crippen molar-refractivity contribution >= 4 is 16.9 Å². The molecule has 4 nitrogen and oxygen atoms in total. The van der Waals surface area contributed by atoms with Crippen molar-refractivity contribution in [2.24, 2.45) is 11.8 Å². The van der Waals surface area contributed by atoms with Gasteiger partial charge in [0.25, 0.3) is 5.91 Å². The zero-order valence-electron chi connectivity index (χ0n) is 14.3. The van der Waals surface area contributed by atoms with Crippen LogP contribution in [0.3, 0.4) is 0 Å². The summed E-state index contributed by atoms with van der Waals surface area (Å²) in [6.45, 7) is 9.29. The Morgan fingerprint density at radius 1 is 1.30 bits per heavy atom. The predicted octanol–water partition coefficient (Wildman–Crippen LogP) is 2.17. The van der Waals surface area contributed by atoms with E-state index < -0.39 is 0 Å². The van der Waals surface area contributed by atoms with Gasteiger partial charge in [0.05, 0.1) is 19.1 Å². The van der Waals surface area contributed by atoms with E-state index in [1.807, 2.05) is 37.3 Å². The van der Waals surface area contributed by atoms with Gasteiger partial charge in [-0.25, -0.2) is 0 Å². The molecule has 1 aromatic heterocycles. The summed E-state index contributed by atoms with van der Waals surface area (Å²) in [7, 11) is 0. The average Bonchev–Trinajstić information content (AvgIpc) is 2.89. The second kappa shape index (κ2) is 6.75. The quantitative estimate of drug-likeness (QED) is 0.908. The minimum Gasteiger partial charge on any atom is -0.459 e. The second-order valence-electron chi connectivity index (χ2n) is 7.26. The highest BCUT2D eigenvalue weighted by Crippen LogP contribution is 2.23. The fraction of sp³-hybridized carbons (Fsp3) is 0.526. The number of hydrogen-bond donors (Lipinski definition) is 2. The van der Waals surface area contributed by atoms with Gasteiger partial charge < -0.3 is 14.6 Å². The molecule has 1 aliphatic rings. The molecule has 0 aliphatic carbocycles. The fourth-order valence-electron chi connectivity index (χ4n) is 3.87. The van der Waals surface area contributed by atoms with Crippen LogP contribution in [0, 0.1) is 11.8 Å². The van der Waals surface area contributed by atoms with Gasteiger partial charge in [-0.3, -0.25) is 4.79 Å². The molecule has 1 saturated heterocycles. The van der Waals surface area contributed by atoms with E-state index in [1.54, 1.807) is 0 Å². The normalized spacial score (nSPS) is 26.1. The molecule has 1 amide bonds. The predicted molar refractivity (Wildman–Crippen MR) is 91.3 cm³/mol. The molecule has 0 bridgehead atoms. The number of furan rings is 1. The minimum absolute atomic E-state index is 0.103. The number of quaternary nitrogens is 1. The molecule has 23 heavy (non-hydrogen) atoms. The van der Waals surface area contributed by atoms with Gasteiger partial charge in [-0.15, -0.1) is 0 Å². The summed E-state index contributed by atoms with van der Waals surface area (Å²) in [5.74, 6) is 2.33. The number of rotatable bonds is 4.